The summed E-state index contributed by atoms with van der Waals surface area (Å²) in [6.07, 6.45) is 0.531. The van der Waals surface area contributed by atoms with E-state index in [-0.39, 0.29) is 16.7 Å². The molecule has 1 rings (SSSR count). The van der Waals surface area contributed by atoms with Crippen LogP contribution in [0.3, 0.4) is 0 Å². The third kappa shape index (κ3) is 3.19. The Hall–Kier alpha value is -1.11. The van der Waals surface area contributed by atoms with Gasteiger partial charge in [-0.3, -0.25) is 0 Å². The SMILES string of the molecule is C[C@H](N)Cc1ccc(O)c(S(N)(=O)=O)c1. The Morgan fingerprint density at radius 2 is 2.07 bits per heavy atom. The number of nitrogens with two attached hydrogens (primary N) is 2. The second-order valence-corrected chi connectivity index (χ2v) is 5.06. The molecule has 0 radical (unpaired) electrons. The van der Waals surface area contributed by atoms with Crippen molar-refractivity contribution in [2.24, 2.45) is 10.9 Å². The van der Waals surface area contributed by atoms with Crippen molar-refractivity contribution < 1.29 is 13.5 Å². The number of phenols is 1. The number of sulfonamides is 1. The number of rotatable bonds is 3. The molecular formula is C9H14N2O3S. The zero-order valence-corrected chi connectivity index (χ0v) is 9.16. The van der Waals surface area contributed by atoms with E-state index in [9.17, 15) is 13.5 Å². The summed E-state index contributed by atoms with van der Waals surface area (Å²) in [5.74, 6) is -0.342. The highest BCUT2D eigenvalue weighted by Gasteiger charge is 2.14. The van der Waals surface area contributed by atoms with Gasteiger partial charge in [0, 0.05) is 6.04 Å². The smallest absolute Gasteiger partial charge is 0.241 e. The fourth-order valence-electron chi connectivity index (χ4n) is 1.29. The van der Waals surface area contributed by atoms with Crippen LogP contribution < -0.4 is 10.9 Å². The van der Waals surface area contributed by atoms with Crippen molar-refractivity contribution in [3.05, 3.63) is 23.8 Å². The summed E-state index contributed by atoms with van der Waals surface area (Å²) in [4.78, 5) is -0.263. The average molecular weight is 230 g/mol. The first-order valence-electron chi connectivity index (χ1n) is 4.41. The molecule has 1 aromatic rings. The van der Waals surface area contributed by atoms with Gasteiger partial charge >= 0.3 is 0 Å². The largest absolute Gasteiger partial charge is 0.507 e. The van der Waals surface area contributed by atoms with E-state index in [1.807, 2.05) is 6.92 Å². The molecule has 0 fully saturated rings. The van der Waals surface area contributed by atoms with Crippen LogP contribution >= 0.6 is 0 Å². The van der Waals surface area contributed by atoms with E-state index in [0.717, 1.165) is 5.56 Å². The summed E-state index contributed by atoms with van der Waals surface area (Å²) in [6.45, 7) is 1.81. The number of aromatic hydroxyl groups is 1. The predicted molar refractivity (Wildman–Crippen MR) is 56.8 cm³/mol. The van der Waals surface area contributed by atoms with Crippen molar-refractivity contribution in [3.8, 4) is 5.75 Å². The summed E-state index contributed by atoms with van der Waals surface area (Å²) in [7, 11) is -3.88. The van der Waals surface area contributed by atoms with Gasteiger partial charge in [-0.05, 0) is 31.0 Å². The van der Waals surface area contributed by atoms with Crippen molar-refractivity contribution in [1.29, 1.82) is 0 Å². The zero-order valence-electron chi connectivity index (χ0n) is 8.34. The molecule has 84 valence electrons. The molecule has 0 spiro atoms. The van der Waals surface area contributed by atoms with Crippen molar-refractivity contribution >= 4 is 10.0 Å². The third-order valence-electron chi connectivity index (χ3n) is 1.89. The minimum absolute atomic E-state index is 0.0807. The van der Waals surface area contributed by atoms with Crippen molar-refractivity contribution in [2.75, 3.05) is 0 Å². The molecule has 0 aromatic heterocycles. The van der Waals surface area contributed by atoms with Crippen molar-refractivity contribution in [1.82, 2.24) is 0 Å². The highest BCUT2D eigenvalue weighted by Crippen LogP contribution is 2.22. The minimum atomic E-state index is -3.88. The Balaban J connectivity index is 3.18. The molecule has 0 saturated carbocycles. The first-order chi connectivity index (χ1) is 6.80. The van der Waals surface area contributed by atoms with Gasteiger partial charge in [-0.1, -0.05) is 6.07 Å². The average Bonchev–Trinajstić information content (AvgIpc) is 2.05. The molecule has 0 saturated heterocycles. The molecule has 0 aliphatic carbocycles. The maximum Gasteiger partial charge on any atom is 0.241 e. The number of benzene rings is 1. The molecule has 0 aliphatic heterocycles. The maximum absolute atomic E-state index is 11.1. The number of hydrogen-bond acceptors (Lipinski definition) is 4. The molecule has 0 amide bonds. The van der Waals surface area contributed by atoms with Crippen LogP contribution in [-0.2, 0) is 16.4 Å². The summed E-state index contributed by atoms with van der Waals surface area (Å²) in [6, 6.07) is 4.18. The summed E-state index contributed by atoms with van der Waals surface area (Å²) in [5, 5.41) is 14.3. The van der Waals surface area contributed by atoms with Crippen LogP contribution in [0.4, 0.5) is 0 Å². The lowest BCUT2D eigenvalue weighted by Crippen LogP contribution is -2.18. The quantitative estimate of drug-likeness (QED) is 0.675. The Morgan fingerprint density at radius 3 is 2.53 bits per heavy atom. The Labute approximate surface area is 88.8 Å². The first kappa shape index (κ1) is 12.0. The molecule has 0 heterocycles. The standard InChI is InChI=1S/C9H14N2O3S/c1-6(10)4-7-2-3-8(12)9(5-7)15(11,13)14/h2-3,5-6,12H,4,10H2,1H3,(H2,11,13,14)/t6-/m0/s1. The monoisotopic (exact) mass is 230 g/mol. The van der Waals surface area contributed by atoms with E-state index in [2.05, 4.69) is 0 Å². The fraction of sp³-hybridized carbons (Fsp3) is 0.333. The molecule has 5 nitrogen and oxygen atoms in total. The van der Waals surface area contributed by atoms with Gasteiger partial charge < -0.3 is 10.8 Å². The fourth-order valence-corrected chi connectivity index (χ4v) is 1.96. The zero-order chi connectivity index (χ0) is 11.6. The molecular weight excluding hydrogens is 216 g/mol. The van der Waals surface area contributed by atoms with Crippen LogP contribution in [-0.4, -0.2) is 19.6 Å². The van der Waals surface area contributed by atoms with E-state index < -0.39 is 10.0 Å². The van der Waals surface area contributed by atoms with Gasteiger partial charge in [0.1, 0.15) is 10.6 Å². The van der Waals surface area contributed by atoms with E-state index in [0.29, 0.717) is 6.42 Å². The van der Waals surface area contributed by atoms with E-state index in [1.54, 1.807) is 6.07 Å². The minimum Gasteiger partial charge on any atom is -0.507 e. The molecule has 15 heavy (non-hydrogen) atoms. The second-order valence-electron chi connectivity index (χ2n) is 3.53. The predicted octanol–water partition coefficient (Wildman–Crippen LogP) is -0.0707. The second kappa shape index (κ2) is 4.18. The van der Waals surface area contributed by atoms with E-state index in [1.165, 1.54) is 12.1 Å². The van der Waals surface area contributed by atoms with Gasteiger partial charge in [0.05, 0.1) is 0 Å². The van der Waals surface area contributed by atoms with Gasteiger partial charge in [-0.25, -0.2) is 13.6 Å². The lowest BCUT2D eigenvalue weighted by Gasteiger charge is -2.08. The van der Waals surface area contributed by atoms with Crippen LogP contribution in [0.5, 0.6) is 5.75 Å². The molecule has 0 bridgehead atoms. The summed E-state index contributed by atoms with van der Waals surface area (Å²) >= 11 is 0. The van der Waals surface area contributed by atoms with E-state index >= 15 is 0 Å². The highest BCUT2D eigenvalue weighted by atomic mass is 32.2. The van der Waals surface area contributed by atoms with Gasteiger partial charge in [0.2, 0.25) is 10.0 Å². The van der Waals surface area contributed by atoms with Gasteiger partial charge in [0.15, 0.2) is 0 Å². The molecule has 6 heteroatoms. The van der Waals surface area contributed by atoms with Gasteiger partial charge in [0.25, 0.3) is 0 Å². The Kier molecular flexibility index (Phi) is 3.33. The van der Waals surface area contributed by atoms with Crippen LogP contribution in [0.25, 0.3) is 0 Å². The molecule has 0 aliphatic rings. The van der Waals surface area contributed by atoms with Crippen LogP contribution in [0, 0.1) is 0 Å². The van der Waals surface area contributed by atoms with Crippen LogP contribution in [0.1, 0.15) is 12.5 Å². The normalized spacial score (nSPS) is 13.8. The molecule has 0 unspecified atom stereocenters. The molecule has 5 N–H and O–H groups in total. The molecule has 1 aromatic carbocycles. The number of primary sulfonamides is 1. The van der Waals surface area contributed by atoms with Gasteiger partial charge in [-0.15, -0.1) is 0 Å². The Morgan fingerprint density at radius 1 is 1.47 bits per heavy atom. The number of hydrogen-bond donors (Lipinski definition) is 3. The summed E-state index contributed by atoms with van der Waals surface area (Å²) in [5.41, 5.74) is 6.31. The lowest BCUT2D eigenvalue weighted by atomic mass is 10.1. The topological polar surface area (TPSA) is 106 Å². The van der Waals surface area contributed by atoms with E-state index in [4.69, 9.17) is 10.9 Å². The lowest BCUT2D eigenvalue weighted by molar-refractivity contribution is 0.458. The molecule has 1 atom stereocenters. The van der Waals surface area contributed by atoms with Gasteiger partial charge in [-0.2, -0.15) is 0 Å². The van der Waals surface area contributed by atoms with Crippen LogP contribution in [0.15, 0.2) is 23.1 Å². The summed E-state index contributed by atoms with van der Waals surface area (Å²) < 4.78 is 22.2. The van der Waals surface area contributed by atoms with Crippen molar-refractivity contribution in [3.63, 3.8) is 0 Å². The van der Waals surface area contributed by atoms with Crippen molar-refractivity contribution in [2.45, 2.75) is 24.3 Å². The third-order valence-corrected chi connectivity index (χ3v) is 2.83. The Bertz CT molecular complexity index is 454. The first-order valence-corrected chi connectivity index (χ1v) is 5.95. The highest BCUT2D eigenvalue weighted by molar-refractivity contribution is 7.89. The number of phenolic OH excluding ortho intramolecular Hbond substituents is 1. The van der Waals surface area contributed by atoms with Crippen LogP contribution in [0.2, 0.25) is 0 Å². The maximum atomic E-state index is 11.1.